The molecule has 9 heteroatoms. The van der Waals surface area contributed by atoms with E-state index in [2.05, 4.69) is 16.1 Å². The highest BCUT2D eigenvalue weighted by molar-refractivity contribution is 7.09. The number of ether oxygens (including phenoxy) is 1. The number of aromatic nitrogens is 3. The standard InChI is InChI=1S/C26H33N5O3S/c1-18-27-21(17-35-18)16-25(32)31-12-8-20(9-13-31)24(15-19-6-5-7-22(14-19)34-4)30(3)26(33)23-10-11-29(2)28-23/h5-7,10-11,14,17,20,24H,8-9,12-13,15-16H2,1-4H3/t24-/m1/s1. The third-order valence-electron chi connectivity index (χ3n) is 6.76. The van der Waals surface area contributed by atoms with Crippen molar-refractivity contribution in [3.8, 4) is 5.75 Å². The van der Waals surface area contributed by atoms with Crippen LogP contribution in [0.2, 0.25) is 0 Å². The van der Waals surface area contributed by atoms with Gasteiger partial charge in [-0.1, -0.05) is 12.1 Å². The number of piperidine rings is 1. The molecule has 4 rings (SSSR count). The van der Waals surface area contributed by atoms with Crippen LogP contribution >= 0.6 is 11.3 Å². The Morgan fingerprint density at radius 2 is 2.03 bits per heavy atom. The molecule has 0 radical (unpaired) electrons. The van der Waals surface area contributed by atoms with E-state index >= 15 is 0 Å². The topological polar surface area (TPSA) is 80.6 Å². The van der Waals surface area contributed by atoms with Crippen molar-refractivity contribution in [3.05, 3.63) is 63.9 Å². The molecule has 8 nitrogen and oxygen atoms in total. The van der Waals surface area contributed by atoms with E-state index in [0.717, 1.165) is 34.9 Å². The number of rotatable bonds is 8. The quantitative estimate of drug-likeness (QED) is 0.479. The first kappa shape index (κ1) is 24.9. The molecule has 1 aromatic carbocycles. The van der Waals surface area contributed by atoms with Crippen LogP contribution in [-0.2, 0) is 24.7 Å². The van der Waals surface area contributed by atoms with Crippen LogP contribution in [0.5, 0.6) is 5.75 Å². The molecule has 0 unspecified atom stereocenters. The molecule has 0 saturated carbocycles. The first-order valence-corrected chi connectivity index (χ1v) is 12.8. The molecule has 2 aromatic heterocycles. The summed E-state index contributed by atoms with van der Waals surface area (Å²) >= 11 is 1.57. The minimum Gasteiger partial charge on any atom is -0.497 e. The maximum atomic E-state index is 13.3. The number of hydrogen-bond acceptors (Lipinski definition) is 6. The molecule has 35 heavy (non-hydrogen) atoms. The van der Waals surface area contributed by atoms with E-state index in [1.807, 2.05) is 54.4 Å². The molecule has 1 aliphatic rings. The van der Waals surface area contributed by atoms with Gasteiger partial charge in [0.25, 0.3) is 5.91 Å². The average Bonchev–Trinajstić information content (AvgIpc) is 3.49. The predicted molar refractivity (Wildman–Crippen MR) is 136 cm³/mol. The van der Waals surface area contributed by atoms with Gasteiger partial charge in [-0.15, -0.1) is 11.3 Å². The third kappa shape index (κ3) is 6.08. The normalized spacial score (nSPS) is 15.1. The fourth-order valence-electron chi connectivity index (χ4n) is 4.81. The average molecular weight is 496 g/mol. The minimum absolute atomic E-state index is 0.0185. The zero-order chi connectivity index (χ0) is 24.9. The molecule has 1 saturated heterocycles. The minimum atomic E-state index is -0.0871. The summed E-state index contributed by atoms with van der Waals surface area (Å²) in [6, 6.07) is 9.74. The maximum absolute atomic E-state index is 13.3. The van der Waals surface area contributed by atoms with Crippen molar-refractivity contribution in [1.29, 1.82) is 0 Å². The van der Waals surface area contributed by atoms with E-state index in [-0.39, 0.29) is 23.8 Å². The zero-order valence-corrected chi connectivity index (χ0v) is 21.6. The van der Waals surface area contributed by atoms with Gasteiger partial charge in [-0.25, -0.2) is 4.98 Å². The Bertz CT molecular complexity index is 1170. The number of methoxy groups -OCH3 is 1. The van der Waals surface area contributed by atoms with Crippen molar-refractivity contribution in [3.63, 3.8) is 0 Å². The lowest BCUT2D eigenvalue weighted by atomic mass is 9.84. The van der Waals surface area contributed by atoms with Gasteiger partial charge < -0.3 is 14.5 Å². The molecule has 1 fully saturated rings. The van der Waals surface area contributed by atoms with Crippen LogP contribution in [0.15, 0.2) is 41.9 Å². The summed E-state index contributed by atoms with van der Waals surface area (Å²) in [5.74, 6) is 1.11. The number of benzene rings is 1. The first-order valence-electron chi connectivity index (χ1n) is 11.9. The summed E-state index contributed by atoms with van der Waals surface area (Å²) in [7, 11) is 5.33. The van der Waals surface area contributed by atoms with Gasteiger partial charge in [0, 0.05) is 44.8 Å². The van der Waals surface area contributed by atoms with Gasteiger partial charge in [0.2, 0.25) is 5.91 Å². The van der Waals surface area contributed by atoms with Crippen LogP contribution in [0, 0.1) is 12.8 Å². The van der Waals surface area contributed by atoms with Crippen molar-refractivity contribution < 1.29 is 14.3 Å². The van der Waals surface area contributed by atoms with Crippen LogP contribution in [0.25, 0.3) is 0 Å². The molecule has 0 spiro atoms. The van der Waals surface area contributed by atoms with Crippen LogP contribution in [0.4, 0.5) is 0 Å². The van der Waals surface area contributed by atoms with E-state index in [0.29, 0.717) is 31.6 Å². The number of aryl methyl sites for hydroxylation is 2. The summed E-state index contributed by atoms with van der Waals surface area (Å²) in [6.45, 7) is 3.33. The van der Waals surface area contributed by atoms with Gasteiger partial charge in [0.15, 0.2) is 0 Å². The smallest absolute Gasteiger partial charge is 0.274 e. The van der Waals surface area contributed by atoms with Crippen molar-refractivity contribution in [2.75, 3.05) is 27.2 Å². The van der Waals surface area contributed by atoms with Crippen molar-refractivity contribution in [2.24, 2.45) is 13.0 Å². The summed E-state index contributed by atoms with van der Waals surface area (Å²) in [6.07, 6.45) is 4.53. The lowest BCUT2D eigenvalue weighted by molar-refractivity contribution is -0.132. The molecule has 0 bridgehead atoms. The van der Waals surface area contributed by atoms with E-state index in [1.165, 1.54) is 0 Å². The second-order valence-corrected chi connectivity index (χ2v) is 10.2. The van der Waals surface area contributed by atoms with Crippen LogP contribution in [0.3, 0.4) is 0 Å². The lowest BCUT2D eigenvalue weighted by Crippen LogP contribution is -2.48. The molecule has 186 valence electrons. The van der Waals surface area contributed by atoms with Gasteiger partial charge in [-0.3, -0.25) is 14.3 Å². The number of amides is 2. The number of nitrogens with zero attached hydrogens (tertiary/aromatic N) is 5. The van der Waals surface area contributed by atoms with Gasteiger partial charge in [0.1, 0.15) is 11.4 Å². The number of carbonyl (C=O) groups excluding carboxylic acids is 2. The van der Waals surface area contributed by atoms with Gasteiger partial charge in [-0.05, 0) is 55.9 Å². The Balaban J connectivity index is 1.47. The summed E-state index contributed by atoms with van der Waals surface area (Å²) < 4.78 is 7.06. The predicted octanol–water partition coefficient (Wildman–Crippen LogP) is 3.36. The number of likely N-dealkylation sites (N-methyl/N-ethyl adjacent to an activating group) is 1. The second-order valence-electron chi connectivity index (χ2n) is 9.17. The summed E-state index contributed by atoms with van der Waals surface area (Å²) in [4.78, 5) is 34.3. The number of likely N-dealkylation sites (tertiary alicyclic amines) is 1. The number of thiazole rings is 1. The maximum Gasteiger partial charge on any atom is 0.274 e. The van der Waals surface area contributed by atoms with Crippen molar-refractivity contribution >= 4 is 23.2 Å². The fourth-order valence-corrected chi connectivity index (χ4v) is 5.42. The molecule has 0 N–H and O–H groups in total. The number of hydrogen-bond donors (Lipinski definition) is 0. The molecule has 2 amide bonds. The molecular formula is C26H33N5O3S. The molecular weight excluding hydrogens is 462 g/mol. The summed E-state index contributed by atoms with van der Waals surface area (Å²) in [5, 5.41) is 7.26. The SMILES string of the molecule is COc1cccc(C[C@H](C2CCN(C(=O)Cc3csc(C)n3)CC2)N(C)C(=O)c2ccn(C)n2)c1. The molecule has 1 aliphatic heterocycles. The Kier molecular flexibility index (Phi) is 7.85. The third-order valence-corrected chi connectivity index (χ3v) is 7.59. The van der Waals surface area contributed by atoms with Gasteiger partial charge >= 0.3 is 0 Å². The van der Waals surface area contributed by atoms with Crippen LogP contribution in [0.1, 0.15) is 39.6 Å². The van der Waals surface area contributed by atoms with Crippen LogP contribution < -0.4 is 4.74 Å². The Morgan fingerprint density at radius 1 is 1.26 bits per heavy atom. The Hall–Kier alpha value is -3.20. The highest BCUT2D eigenvalue weighted by atomic mass is 32.1. The van der Waals surface area contributed by atoms with Gasteiger partial charge in [0.05, 0.1) is 24.2 Å². The van der Waals surface area contributed by atoms with Crippen molar-refractivity contribution in [1.82, 2.24) is 24.6 Å². The van der Waals surface area contributed by atoms with Crippen LogP contribution in [-0.4, -0.2) is 69.7 Å². The first-order chi connectivity index (χ1) is 16.8. The van der Waals surface area contributed by atoms with E-state index in [4.69, 9.17) is 4.74 Å². The lowest BCUT2D eigenvalue weighted by Gasteiger charge is -2.40. The molecule has 1 atom stereocenters. The van der Waals surface area contributed by atoms with Crippen molar-refractivity contribution in [2.45, 2.75) is 38.6 Å². The largest absolute Gasteiger partial charge is 0.497 e. The highest BCUT2D eigenvalue weighted by Crippen LogP contribution is 2.28. The second kappa shape index (κ2) is 11.0. The Morgan fingerprint density at radius 3 is 2.66 bits per heavy atom. The van der Waals surface area contributed by atoms with Gasteiger partial charge in [-0.2, -0.15) is 5.10 Å². The number of carbonyl (C=O) groups is 2. The van der Waals surface area contributed by atoms with E-state index < -0.39 is 0 Å². The van der Waals surface area contributed by atoms with E-state index in [9.17, 15) is 9.59 Å². The Labute approximate surface area is 210 Å². The van der Waals surface area contributed by atoms with E-state index in [1.54, 1.807) is 35.4 Å². The monoisotopic (exact) mass is 495 g/mol. The molecule has 0 aliphatic carbocycles. The molecule has 3 aromatic rings. The summed E-state index contributed by atoms with van der Waals surface area (Å²) in [5.41, 5.74) is 2.40. The fraction of sp³-hybridized carbons (Fsp3) is 0.462. The highest BCUT2D eigenvalue weighted by Gasteiger charge is 2.33. The zero-order valence-electron chi connectivity index (χ0n) is 20.8. The molecule has 3 heterocycles.